The quantitative estimate of drug-likeness (QED) is 0.741. The Labute approximate surface area is 125 Å². The van der Waals surface area contributed by atoms with E-state index in [0.29, 0.717) is 0 Å². The number of nitrogens with one attached hydrogen (secondary N) is 1. The first-order valence-corrected chi connectivity index (χ1v) is 8.80. The lowest BCUT2D eigenvalue weighted by Gasteiger charge is -2.23. The minimum atomic E-state index is -0.212. The SMILES string of the molecule is Fc1ccc(OCCCCCC[NH+]2CCSCC2)cc1. The predicted octanol–water partition coefficient (Wildman–Crippen LogP) is 2.40. The maximum Gasteiger partial charge on any atom is 0.123 e. The smallest absolute Gasteiger partial charge is 0.123 e. The topological polar surface area (TPSA) is 13.7 Å². The van der Waals surface area contributed by atoms with Crippen LogP contribution in [0.3, 0.4) is 0 Å². The summed E-state index contributed by atoms with van der Waals surface area (Å²) in [6.07, 6.45) is 4.94. The van der Waals surface area contributed by atoms with Gasteiger partial charge in [0.25, 0.3) is 0 Å². The van der Waals surface area contributed by atoms with Gasteiger partial charge in [-0.25, -0.2) is 4.39 Å². The van der Waals surface area contributed by atoms with Crippen LogP contribution in [0.25, 0.3) is 0 Å². The van der Waals surface area contributed by atoms with Crippen molar-refractivity contribution in [3.63, 3.8) is 0 Å². The van der Waals surface area contributed by atoms with Gasteiger partial charge in [0.05, 0.1) is 26.2 Å². The van der Waals surface area contributed by atoms with Crippen molar-refractivity contribution in [2.75, 3.05) is 37.7 Å². The number of benzene rings is 1. The van der Waals surface area contributed by atoms with Gasteiger partial charge in [-0.05, 0) is 49.9 Å². The van der Waals surface area contributed by atoms with E-state index in [1.165, 1.54) is 62.5 Å². The Hall–Kier alpha value is -0.740. The summed E-state index contributed by atoms with van der Waals surface area (Å²) in [7, 11) is 0. The highest BCUT2D eigenvalue weighted by molar-refractivity contribution is 7.99. The van der Waals surface area contributed by atoms with E-state index in [-0.39, 0.29) is 5.82 Å². The van der Waals surface area contributed by atoms with Crippen LogP contribution < -0.4 is 9.64 Å². The number of ether oxygens (including phenoxy) is 1. The van der Waals surface area contributed by atoms with E-state index < -0.39 is 0 Å². The van der Waals surface area contributed by atoms with Crippen LogP contribution >= 0.6 is 11.8 Å². The highest BCUT2D eigenvalue weighted by Crippen LogP contribution is 2.11. The minimum absolute atomic E-state index is 0.212. The summed E-state index contributed by atoms with van der Waals surface area (Å²) < 4.78 is 18.3. The molecule has 1 fully saturated rings. The molecule has 1 saturated heterocycles. The van der Waals surface area contributed by atoms with Gasteiger partial charge >= 0.3 is 0 Å². The molecule has 0 radical (unpaired) electrons. The van der Waals surface area contributed by atoms with Crippen LogP contribution in [-0.2, 0) is 0 Å². The predicted molar refractivity (Wildman–Crippen MR) is 83.3 cm³/mol. The summed E-state index contributed by atoms with van der Waals surface area (Å²) in [5.41, 5.74) is 0. The van der Waals surface area contributed by atoms with Crippen molar-refractivity contribution >= 4 is 11.8 Å². The Balaban J connectivity index is 1.44. The number of hydrogen-bond acceptors (Lipinski definition) is 2. The first-order chi connectivity index (χ1) is 9.84. The lowest BCUT2D eigenvalue weighted by Crippen LogP contribution is -3.13. The molecule has 1 aliphatic rings. The van der Waals surface area contributed by atoms with Gasteiger partial charge < -0.3 is 9.64 Å². The summed E-state index contributed by atoms with van der Waals surface area (Å²) in [6, 6.07) is 6.25. The lowest BCUT2D eigenvalue weighted by molar-refractivity contribution is -0.896. The van der Waals surface area contributed by atoms with Crippen molar-refractivity contribution in [2.24, 2.45) is 0 Å². The van der Waals surface area contributed by atoms with Gasteiger partial charge in [0.2, 0.25) is 0 Å². The highest BCUT2D eigenvalue weighted by atomic mass is 32.2. The first-order valence-electron chi connectivity index (χ1n) is 7.64. The average molecular weight is 298 g/mol. The summed E-state index contributed by atoms with van der Waals surface area (Å²) in [4.78, 5) is 1.78. The fourth-order valence-electron chi connectivity index (χ4n) is 2.46. The van der Waals surface area contributed by atoms with Gasteiger partial charge in [-0.1, -0.05) is 0 Å². The fourth-order valence-corrected chi connectivity index (χ4v) is 3.53. The second kappa shape index (κ2) is 9.24. The third-order valence-corrected chi connectivity index (χ3v) is 4.69. The molecule has 1 N–H and O–H groups in total. The molecule has 0 spiro atoms. The van der Waals surface area contributed by atoms with Crippen molar-refractivity contribution in [1.29, 1.82) is 0 Å². The molecule has 1 heterocycles. The van der Waals surface area contributed by atoms with Crippen molar-refractivity contribution in [3.05, 3.63) is 30.1 Å². The molecule has 0 bridgehead atoms. The molecule has 0 aromatic heterocycles. The zero-order valence-electron chi connectivity index (χ0n) is 12.1. The molecule has 0 saturated carbocycles. The van der Waals surface area contributed by atoms with E-state index in [1.807, 2.05) is 0 Å². The van der Waals surface area contributed by atoms with E-state index >= 15 is 0 Å². The monoisotopic (exact) mass is 298 g/mol. The molecular weight excluding hydrogens is 273 g/mol. The van der Waals surface area contributed by atoms with Crippen molar-refractivity contribution < 1.29 is 14.0 Å². The Morgan fingerprint density at radius 1 is 1.00 bits per heavy atom. The van der Waals surface area contributed by atoms with Crippen LogP contribution in [0, 0.1) is 5.82 Å². The van der Waals surface area contributed by atoms with E-state index in [1.54, 1.807) is 17.0 Å². The fraction of sp³-hybridized carbons (Fsp3) is 0.625. The second-order valence-corrected chi connectivity index (χ2v) is 6.55. The average Bonchev–Trinajstić information content (AvgIpc) is 2.49. The van der Waals surface area contributed by atoms with E-state index in [0.717, 1.165) is 18.8 Å². The number of quaternary nitrogens is 1. The van der Waals surface area contributed by atoms with Crippen molar-refractivity contribution in [2.45, 2.75) is 25.7 Å². The van der Waals surface area contributed by atoms with Crippen LogP contribution in [0.4, 0.5) is 4.39 Å². The van der Waals surface area contributed by atoms with Gasteiger partial charge in [-0.15, -0.1) is 0 Å². The Kier molecular flexibility index (Phi) is 7.23. The van der Waals surface area contributed by atoms with Crippen molar-refractivity contribution in [3.8, 4) is 5.75 Å². The van der Waals surface area contributed by atoms with Crippen LogP contribution in [0.2, 0.25) is 0 Å². The van der Waals surface area contributed by atoms with Gasteiger partial charge in [0.15, 0.2) is 0 Å². The molecule has 20 heavy (non-hydrogen) atoms. The molecule has 2 nitrogen and oxygen atoms in total. The van der Waals surface area contributed by atoms with Gasteiger partial charge in [0, 0.05) is 11.5 Å². The molecule has 1 aromatic rings. The zero-order valence-corrected chi connectivity index (χ0v) is 12.9. The highest BCUT2D eigenvalue weighted by Gasteiger charge is 2.12. The maximum atomic E-state index is 12.7. The molecule has 4 heteroatoms. The molecule has 1 aliphatic heterocycles. The number of thioether (sulfide) groups is 1. The number of hydrogen-bond donors (Lipinski definition) is 1. The summed E-state index contributed by atoms with van der Waals surface area (Å²) in [6.45, 7) is 4.76. The first kappa shape index (κ1) is 15.6. The normalized spacial score (nSPS) is 16.2. The molecule has 0 amide bonds. The molecule has 112 valence electrons. The van der Waals surface area contributed by atoms with Gasteiger partial charge in [-0.2, -0.15) is 11.8 Å². The van der Waals surface area contributed by atoms with Crippen LogP contribution in [0.1, 0.15) is 25.7 Å². The molecule has 0 atom stereocenters. The second-order valence-electron chi connectivity index (χ2n) is 5.33. The Morgan fingerprint density at radius 3 is 2.45 bits per heavy atom. The Bertz CT molecular complexity index is 365. The van der Waals surface area contributed by atoms with Crippen molar-refractivity contribution in [1.82, 2.24) is 0 Å². The largest absolute Gasteiger partial charge is 0.494 e. The zero-order chi connectivity index (χ0) is 14.0. The van der Waals surface area contributed by atoms with E-state index in [9.17, 15) is 4.39 Å². The van der Waals surface area contributed by atoms with Crippen LogP contribution in [0.15, 0.2) is 24.3 Å². The number of halogens is 1. The van der Waals surface area contributed by atoms with E-state index in [4.69, 9.17) is 4.74 Å². The number of unbranched alkanes of at least 4 members (excludes halogenated alkanes) is 3. The number of rotatable bonds is 8. The van der Waals surface area contributed by atoms with Gasteiger partial charge in [-0.3, -0.25) is 0 Å². The Morgan fingerprint density at radius 2 is 1.70 bits per heavy atom. The molecular formula is C16H25FNOS+. The third kappa shape index (κ3) is 6.14. The standard InChI is InChI=1S/C16H24FNOS/c17-15-5-7-16(8-6-15)19-12-4-2-1-3-9-18-10-13-20-14-11-18/h5-8H,1-4,9-14H2/p+1. The summed E-state index contributed by atoms with van der Waals surface area (Å²) >= 11 is 2.09. The summed E-state index contributed by atoms with van der Waals surface area (Å²) in [5, 5.41) is 0. The van der Waals surface area contributed by atoms with Crippen LogP contribution in [-0.4, -0.2) is 37.7 Å². The van der Waals surface area contributed by atoms with Crippen LogP contribution in [0.5, 0.6) is 5.75 Å². The molecule has 2 rings (SSSR count). The van der Waals surface area contributed by atoms with Gasteiger partial charge in [0.1, 0.15) is 11.6 Å². The third-order valence-electron chi connectivity index (χ3n) is 3.71. The molecule has 0 aliphatic carbocycles. The minimum Gasteiger partial charge on any atom is -0.494 e. The molecule has 1 aromatic carbocycles. The molecule has 0 unspecified atom stereocenters. The lowest BCUT2D eigenvalue weighted by atomic mass is 10.2. The maximum absolute atomic E-state index is 12.7. The summed E-state index contributed by atoms with van der Waals surface area (Å²) in [5.74, 6) is 3.22. The van der Waals surface area contributed by atoms with E-state index in [2.05, 4.69) is 11.8 Å².